The van der Waals surface area contributed by atoms with Crippen LogP contribution in [-0.4, -0.2) is 4.57 Å². The lowest BCUT2D eigenvalue weighted by atomic mass is 9.83. The highest BCUT2D eigenvalue weighted by molar-refractivity contribution is 6.22. The minimum Gasteiger partial charge on any atom is -0.309 e. The lowest BCUT2D eigenvalue weighted by Gasteiger charge is -2.20. The lowest BCUT2D eigenvalue weighted by Crippen LogP contribution is -1.95. The zero-order valence-corrected chi connectivity index (χ0v) is 32.2. The Bertz CT molecular complexity index is 3320. The molecule has 0 saturated carbocycles. The summed E-state index contributed by atoms with van der Waals surface area (Å²) >= 11 is 0. The average molecular weight is 738 g/mol. The zero-order valence-electron chi connectivity index (χ0n) is 32.2. The molecule has 1 aromatic heterocycles. The first-order chi connectivity index (χ1) is 28.7. The maximum absolute atomic E-state index is 2.42. The van der Waals surface area contributed by atoms with Gasteiger partial charge in [-0.05, 0) is 114 Å². The first-order valence-electron chi connectivity index (χ1n) is 20.1. The fraction of sp³-hybridized carbons (Fsp3) is 0.0175. The van der Waals surface area contributed by atoms with E-state index in [4.69, 9.17) is 0 Å². The van der Waals surface area contributed by atoms with Gasteiger partial charge in [0.2, 0.25) is 0 Å². The van der Waals surface area contributed by atoms with Gasteiger partial charge in [0.25, 0.3) is 0 Å². The minimum atomic E-state index is 1.14. The molecule has 58 heavy (non-hydrogen) atoms. The molecule has 0 amide bonds. The van der Waals surface area contributed by atoms with Crippen LogP contribution in [0.15, 0.2) is 218 Å². The molecule has 10 aromatic carbocycles. The van der Waals surface area contributed by atoms with Crippen molar-refractivity contribution in [2.24, 2.45) is 0 Å². The van der Waals surface area contributed by atoms with Gasteiger partial charge in [-0.25, -0.2) is 0 Å². The number of hydrogen-bond acceptors (Lipinski definition) is 0. The molecule has 0 fully saturated rings. The first kappa shape index (κ1) is 33.8. The van der Waals surface area contributed by atoms with Gasteiger partial charge in [0.05, 0.1) is 11.0 Å². The fourth-order valence-electron chi connectivity index (χ4n) is 9.26. The molecule has 11 rings (SSSR count). The number of rotatable bonds is 6. The third-order valence-electron chi connectivity index (χ3n) is 11.9. The van der Waals surface area contributed by atoms with E-state index in [0.29, 0.717) is 0 Å². The van der Waals surface area contributed by atoms with Crippen molar-refractivity contribution in [3.05, 3.63) is 224 Å². The predicted molar refractivity (Wildman–Crippen MR) is 248 cm³/mol. The monoisotopic (exact) mass is 737 g/mol. The number of fused-ring (bicyclic) bond motifs is 5. The number of para-hydroxylation sites is 1. The van der Waals surface area contributed by atoms with Crippen LogP contribution >= 0.6 is 0 Å². The van der Waals surface area contributed by atoms with Crippen LogP contribution in [0.1, 0.15) is 5.56 Å². The summed E-state index contributed by atoms with van der Waals surface area (Å²) < 4.78 is 2.42. The molecule has 1 nitrogen and oxygen atoms in total. The van der Waals surface area contributed by atoms with Crippen molar-refractivity contribution in [1.29, 1.82) is 0 Å². The van der Waals surface area contributed by atoms with Crippen molar-refractivity contribution in [3.8, 4) is 61.3 Å². The van der Waals surface area contributed by atoms with E-state index in [1.807, 2.05) is 0 Å². The summed E-state index contributed by atoms with van der Waals surface area (Å²) in [4.78, 5) is 0. The third-order valence-corrected chi connectivity index (χ3v) is 11.9. The van der Waals surface area contributed by atoms with Crippen LogP contribution in [0.5, 0.6) is 0 Å². The normalized spacial score (nSPS) is 11.5. The van der Waals surface area contributed by atoms with Crippen LogP contribution in [0, 0.1) is 6.92 Å². The summed E-state index contributed by atoms with van der Waals surface area (Å²) in [7, 11) is 0. The summed E-state index contributed by atoms with van der Waals surface area (Å²) in [6.45, 7) is 2.20. The largest absolute Gasteiger partial charge is 0.309 e. The van der Waals surface area contributed by atoms with Gasteiger partial charge in [-0.1, -0.05) is 194 Å². The summed E-state index contributed by atoms with van der Waals surface area (Å²) in [5, 5.41) is 7.54. The molecule has 1 heterocycles. The number of aryl methyl sites for hydroxylation is 1. The summed E-state index contributed by atoms with van der Waals surface area (Å²) in [6.07, 6.45) is 0. The molecular weight excluding hydrogens is 699 g/mol. The van der Waals surface area contributed by atoms with Crippen LogP contribution in [0.2, 0.25) is 0 Å². The van der Waals surface area contributed by atoms with Gasteiger partial charge in [-0.2, -0.15) is 0 Å². The highest BCUT2D eigenvalue weighted by Gasteiger charge is 2.20. The SMILES string of the molecule is Cc1ccc2c(-c3ccc(-n4c5ccccc5c5cc(-c6ccccc6-c6ccccc6)ccc54)cc3)c3ccccc3c(-c3ccccc3-c3ccccc3)c2c1. The van der Waals surface area contributed by atoms with E-state index in [0.717, 1.165) is 5.69 Å². The Morgan fingerprint density at radius 3 is 1.43 bits per heavy atom. The highest BCUT2D eigenvalue weighted by atomic mass is 15.0. The molecule has 0 unspecified atom stereocenters. The van der Waals surface area contributed by atoms with Crippen molar-refractivity contribution >= 4 is 43.4 Å². The van der Waals surface area contributed by atoms with Crippen LogP contribution in [0.3, 0.4) is 0 Å². The van der Waals surface area contributed by atoms with Gasteiger partial charge in [-0.3, -0.25) is 0 Å². The van der Waals surface area contributed by atoms with E-state index >= 15 is 0 Å². The smallest absolute Gasteiger partial charge is 0.0541 e. The fourth-order valence-corrected chi connectivity index (χ4v) is 9.26. The quantitative estimate of drug-likeness (QED) is 0.150. The second kappa shape index (κ2) is 13.9. The van der Waals surface area contributed by atoms with E-state index in [-0.39, 0.29) is 0 Å². The van der Waals surface area contributed by atoms with Gasteiger partial charge >= 0.3 is 0 Å². The molecular formula is C57H39N. The maximum Gasteiger partial charge on any atom is 0.0541 e. The Morgan fingerprint density at radius 1 is 0.276 bits per heavy atom. The van der Waals surface area contributed by atoms with Crippen LogP contribution in [0.25, 0.3) is 105 Å². The van der Waals surface area contributed by atoms with Gasteiger partial charge < -0.3 is 4.57 Å². The third kappa shape index (κ3) is 5.55. The van der Waals surface area contributed by atoms with Crippen LogP contribution < -0.4 is 0 Å². The van der Waals surface area contributed by atoms with Gasteiger partial charge in [0.1, 0.15) is 0 Å². The Morgan fingerprint density at radius 2 is 0.759 bits per heavy atom. The summed E-state index contributed by atoms with van der Waals surface area (Å²) in [5.74, 6) is 0. The minimum absolute atomic E-state index is 1.14. The maximum atomic E-state index is 2.42. The van der Waals surface area contributed by atoms with E-state index < -0.39 is 0 Å². The summed E-state index contributed by atoms with van der Waals surface area (Å²) in [5.41, 5.74) is 17.2. The van der Waals surface area contributed by atoms with Crippen molar-refractivity contribution in [1.82, 2.24) is 4.57 Å². The Hall–Kier alpha value is -7.48. The molecule has 0 aliphatic heterocycles. The first-order valence-corrected chi connectivity index (χ1v) is 20.1. The van der Waals surface area contributed by atoms with Crippen LogP contribution in [-0.2, 0) is 0 Å². The standard InChI is InChI=1S/C57H39N/c1-38-28-34-51-53(36-38)57(48-24-11-10-21-45(48)40-18-6-3-7-19-40)50-26-13-12-25-49(50)56(51)41-29-32-43(33-30-41)58-54-27-15-14-23-47(54)52-37-42(31-35-55(52)58)46-22-9-8-20-44(46)39-16-4-2-5-17-39/h2-37H,1H3. The number of hydrogen-bond donors (Lipinski definition) is 0. The molecule has 272 valence electrons. The molecule has 1 heteroatoms. The van der Waals surface area contributed by atoms with Gasteiger partial charge in [-0.15, -0.1) is 0 Å². The number of benzene rings is 10. The second-order valence-electron chi connectivity index (χ2n) is 15.3. The predicted octanol–water partition coefficient (Wildman–Crippen LogP) is 15.7. The Balaban J connectivity index is 1.07. The Kier molecular flexibility index (Phi) is 8.12. The lowest BCUT2D eigenvalue weighted by molar-refractivity contribution is 1.18. The van der Waals surface area contributed by atoms with Crippen molar-refractivity contribution in [3.63, 3.8) is 0 Å². The molecule has 0 aliphatic rings. The second-order valence-corrected chi connectivity index (χ2v) is 15.3. The summed E-state index contributed by atoms with van der Waals surface area (Å²) in [6, 6.07) is 80.0. The topological polar surface area (TPSA) is 4.93 Å². The molecule has 0 bridgehead atoms. The molecule has 0 aliphatic carbocycles. The van der Waals surface area contributed by atoms with E-state index in [9.17, 15) is 0 Å². The molecule has 0 radical (unpaired) electrons. The average Bonchev–Trinajstić information content (AvgIpc) is 3.62. The number of nitrogens with zero attached hydrogens (tertiary/aromatic N) is 1. The van der Waals surface area contributed by atoms with Crippen molar-refractivity contribution in [2.75, 3.05) is 0 Å². The zero-order chi connectivity index (χ0) is 38.6. The molecule has 0 N–H and O–H groups in total. The van der Waals surface area contributed by atoms with Crippen molar-refractivity contribution in [2.45, 2.75) is 6.92 Å². The van der Waals surface area contributed by atoms with E-state index in [1.165, 1.54) is 105 Å². The van der Waals surface area contributed by atoms with E-state index in [2.05, 4.69) is 230 Å². The number of aromatic nitrogens is 1. The van der Waals surface area contributed by atoms with Crippen LogP contribution in [0.4, 0.5) is 0 Å². The van der Waals surface area contributed by atoms with E-state index in [1.54, 1.807) is 0 Å². The molecule has 0 atom stereocenters. The molecule has 0 spiro atoms. The molecule has 11 aromatic rings. The van der Waals surface area contributed by atoms with Gasteiger partial charge in [0.15, 0.2) is 0 Å². The van der Waals surface area contributed by atoms with Crippen molar-refractivity contribution < 1.29 is 0 Å². The Labute approximate surface area is 338 Å². The highest BCUT2D eigenvalue weighted by Crippen LogP contribution is 2.47. The van der Waals surface area contributed by atoms with Gasteiger partial charge in [0, 0.05) is 16.5 Å². The molecule has 0 saturated heterocycles.